The van der Waals surface area contributed by atoms with E-state index < -0.39 is 10.1 Å². The van der Waals surface area contributed by atoms with Crippen molar-refractivity contribution in [3.8, 4) is 5.75 Å². The zero-order valence-electron chi connectivity index (χ0n) is 10.7. The Labute approximate surface area is 116 Å². The Bertz CT molecular complexity index is 623. The fraction of sp³-hybridized carbons (Fsp3) is 0.333. The summed E-state index contributed by atoms with van der Waals surface area (Å²) in [5.74, 6) is 0.884. The lowest BCUT2D eigenvalue weighted by molar-refractivity contribution is 0.300. The van der Waals surface area contributed by atoms with E-state index >= 15 is 0 Å². The van der Waals surface area contributed by atoms with Crippen molar-refractivity contribution < 1.29 is 22.8 Å². The molecule has 19 heavy (non-hydrogen) atoms. The quantitative estimate of drug-likeness (QED) is 0.847. The van der Waals surface area contributed by atoms with Crippen LogP contribution in [0.15, 0.2) is 24.3 Å². The van der Waals surface area contributed by atoms with Crippen LogP contribution in [0.5, 0.6) is 5.75 Å². The summed E-state index contributed by atoms with van der Waals surface area (Å²) in [6.45, 7) is 0.212. The molecule has 0 aliphatic heterocycles. The molecule has 0 aliphatic carbocycles. The fourth-order valence-electron chi connectivity index (χ4n) is 1.43. The van der Waals surface area contributed by atoms with E-state index in [1.165, 1.54) is 15.0 Å². The van der Waals surface area contributed by atoms with Gasteiger partial charge in [0.1, 0.15) is 5.75 Å². The first kappa shape index (κ1) is 15.9. The summed E-state index contributed by atoms with van der Waals surface area (Å²) < 4.78 is 32.2. The van der Waals surface area contributed by atoms with Crippen LogP contribution in [0.2, 0.25) is 0 Å². The van der Waals surface area contributed by atoms with Crippen LogP contribution in [0.25, 0.3) is 10.1 Å². The lowest BCUT2D eigenvalue weighted by Gasteiger charge is -1.97. The molecular weight excluding hydrogens is 288 g/mol. The van der Waals surface area contributed by atoms with E-state index in [9.17, 15) is 8.42 Å². The molecule has 0 amide bonds. The maximum atomic E-state index is 9.19. The van der Waals surface area contributed by atoms with Gasteiger partial charge in [0.05, 0.1) is 13.4 Å². The number of methoxy groups -OCH3 is 1. The van der Waals surface area contributed by atoms with E-state index in [4.69, 9.17) is 14.4 Å². The Balaban J connectivity index is 0.000000312. The summed E-state index contributed by atoms with van der Waals surface area (Å²) in [6.07, 6.45) is 1.45. The van der Waals surface area contributed by atoms with Gasteiger partial charge in [0.15, 0.2) is 0 Å². The molecule has 2 aromatic rings. The standard InChI is InChI=1S/C11H12O2S.CH4O3S/c1-13-9-3-2-8-6-10(4-5-12)14-11(8)7-9;1-5(2,3)4/h2-3,6-7,12H,4-5H2,1H3;1H3,(H,2,3,4). The van der Waals surface area contributed by atoms with Gasteiger partial charge < -0.3 is 9.84 Å². The third kappa shape index (κ3) is 6.02. The van der Waals surface area contributed by atoms with Gasteiger partial charge in [0, 0.05) is 22.6 Å². The lowest BCUT2D eigenvalue weighted by atomic mass is 10.2. The van der Waals surface area contributed by atoms with Gasteiger partial charge in [-0.3, -0.25) is 4.55 Å². The van der Waals surface area contributed by atoms with Crippen molar-refractivity contribution in [2.45, 2.75) is 6.42 Å². The van der Waals surface area contributed by atoms with Crippen LogP contribution in [0.4, 0.5) is 0 Å². The monoisotopic (exact) mass is 304 g/mol. The number of hydrogen-bond donors (Lipinski definition) is 2. The van der Waals surface area contributed by atoms with Gasteiger partial charge in [-0.2, -0.15) is 8.42 Å². The largest absolute Gasteiger partial charge is 0.497 e. The molecule has 0 saturated heterocycles. The first-order chi connectivity index (χ1) is 8.83. The number of aliphatic hydroxyl groups is 1. The van der Waals surface area contributed by atoms with Crippen LogP contribution in [0, 0.1) is 0 Å². The summed E-state index contributed by atoms with van der Waals surface area (Å²) in [5, 5.41) is 10.0. The highest BCUT2D eigenvalue weighted by Crippen LogP contribution is 2.29. The van der Waals surface area contributed by atoms with Crippen LogP contribution in [-0.2, 0) is 16.5 Å². The Morgan fingerprint density at radius 2 is 1.95 bits per heavy atom. The molecule has 1 heterocycles. The van der Waals surface area contributed by atoms with Gasteiger partial charge in [0.25, 0.3) is 10.1 Å². The molecule has 0 fully saturated rings. The average Bonchev–Trinajstić information content (AvgIpc) is 2.68. The van der Waals surface area contributed by atoms with Gasteiger partial charge in [0.2, 0.25) is 0 Å². The van der Waals surface area contributed by atoms with Gasteiger partial charge in [-0.15, -0.1) is 11.3 Å². The van der Waals surface area contributed by atoms with Gasteiger partial charge in [-0.25, -0.2) is 0 Å². The molecule has 0 bridgehead atoms. The molecule has 5 nitrogen and oxygen atoms in total. The number of hydrogen-bond acceptors (Lipinski definition) is 5. The Morgan fingerprint density at radius 3 is 2.47 bits per heavy atom. The normalized spacial score (nSPS) is 10.9. The minimum atomic E-state index is -3.67. The van der Waals surface area contributed by atoms with Crippen molar-refractivity contribution in [1.82, 2.24) is 0 Å². The average molecular weight is 304 g/mol. The maximum absolute atomic E-state index is 9.19. The second-order valence-electron chi connectivity index (χ2n) is 3.82. The van der Waals surface area contributed by atoms with Crippen LogP contribution >= 0.6 is 11.3 Å². The summed E-state index contributed by atoms with van der Waals surface area (Å²) in [4.78, 5) is 1.22. The number of aliphatic hydroxyl groups excluding tert-OH is 1. The van der Waals surface area contributed by atoms with Crippen LogP contribution in [-0.4, -0.2) is 38.0 Å². The Morgan fingerprint density at radius 1 is 1.32 bits per heavy atom. The SMILES string of the molecule is COc1ccc2cc(CCO)sc2c1.CS(=O)(=O)O. The molecule has 0 radical (unpaired) electrons. The van der Waals surface area contributed by atoms with Gasteiger partial charge in [-0.1, -0.05) is 0 Å². The van der Waals surface area contributed by atoms with E-state index in [-0.39, 0.29) is 6.61 Å². The van der Waals surface area contributed by atoms with E-state index in [1.54, 1.807) is 18.4 Å². The van der Waals surface area contributed by atoms with Crippen molar-refractivity contribution >= 4 is 31.5 Å². The van der Waals surface area contributed by atoms with Crippen molar-refractivity contribution in [3.05, 3.63) is 29.1 Å². The summed E-state index contributed by atoms with van der Waals surface area (Å²) in [7, 11) is -2.00. The molecule has 0 spiro atoms. The highest BCUT2D eigenvalue weighted by molar-refractivity contribution is 7.85. The summed E-state index contributed by atoms with van der Waals surface area (Å²) >= 11 is 1.71. The number of ether oxygens (including phenoxy) is 1. The highest BCUT2D eigenvalue weighted by Gasteiger charge is 2.02. The van der Waals surface area contributed by atoms with E-state index in [0.29, 0.717) is 6.26 Å². The first-order valence-electron chi connectivity index (χ1n) is 5.43. The van der Waals surface area contributed by atoms with Crippen molar-refractivity contribution in [2.75, 3.05) is 20.0 Å². The molecule has 2 N–H and O–H groups in total. The zero-order chi connectivity index (χ0) is 14.5. The van der Waals surface area contributed by atoms with Gasteiger partial charge >= 0.3 is 0 Å². The Hall–Kier alpha value is -1.15. The summed E-state index contributed by atoms with van der Waals surface area (Å²) in [5.41, 5.74) is 0. The smallest absolute Gasteiger partial charge is 0.261 e. The predicted octanol–water partition coefficient (Wildman–Crippen LogP) is 1.95. The topological polar surface area (TPSA) is 83.8 Å². The second-order valence-corrected chi connectivity index (χ2v) is 6.46. The number of thiophene rings is 1. The fourth-order valence-corrected chi connectivity index (χ4v) is 2.51. The molecule has 1 aromatic heterocycles. The lowest BCUT2D eigenvalue weighted by Crippen LogP contribution is -1.88. The zero-order valence-corrected chi connectivity index (χ0v) is 12.3. The molecule has 0 aliphatic rings. The molecule has 0 atom stereocenters. The summed E-state index contributed by atoms with van der Waals surface area (Å²) in [6, 6.07) is 8.15. The maximum Gasteiger partial charge on any atom is 0.261 e. The Kier molecular flexibility index (Phi) is 5.74. The first-order valence-corrected chi connectivity index (χ1v) is 8.09. The minimum Gasteiger partial charge on any atom is -0.497 e. The minimum absolute atomic E-state index is 0.212. The highest BCUT2D eigenvalue weighted by atomic mass is 32.2. The van der Waals surface area contributed by atoms with Crippen LogP contribution in [0.3, 0.4) is 0 Å². The molecule has 7 heteroatoms. The van der Waals surface area contributed by atoms with Crippen molar-refractivity contribution in [3.63, 3.8) is 0 Å². The molecule has 106 valence electrons. The molecule has 0 saturated carbocycles. The van der Waals surface area contributed by atoms with E-state index in [2.05, 4.69) is 6.07 Å². The van der Waals surface area contributed by atoms with Crippen molar-refractivity contribution in [1.29, 1.82) is 0 Å². The molecule has 1 aromatic carbocycles. The second kappa shape index (κ2) is 6.85. The van der Waals surface area contributed by atoms with Crippen molar-refractivity contribution in [2.24, 2.45) is 0 Å². The third-order valence-electron chi connectivity index (χ3n) is 2.14. The number of benzene rings is 1. The number of fused-ring (bicyclic) bond motifs is 1. The molecule has 0 unspecified atom stereocenters. The molecule has 2 rings (SSSR count). The molecular formula is C12H16O5S2. The third-order valence-corrected chi connectivity index (χ3v) is 3.29. The van der Waals surface area contributed by atoms with E-state index in [0.717, 1.165) is 12.2 Å². The van der Waals surface area contributed by atoms with Gasteiger partial charge in [-0.05, 0) is 29.7 Å². The van der Waals surface area contributed by atoms with Crippen LogP contribution in [0.1, 0.15) is 4.88 Å². The van der Waals surface area contributed by atoms with Crippen LogP contribution < -0.4 is 4.74 Å². The predicted molar refractivity (Wildman–Crippen MR) is 76.6 cm³/mol. The van der Waals surface area contributed by atoms with E-state index in [1.807, 2.05) is 18.2 Å². The number of rotatable bonds is 3.